The predicted molar refractivity (Wildman–Crippen MR) is 91.5 cm³/mol. The molecule has 1 fully saturated rings. The van der Waals surface area contributed by atoms with Gasteiger partial charge < -0.3 is 15.7 Å². The Balaban J connectivity index is 1.61. The van der Waals surface area contributed by atoms with Crippen molar-refractivity contribution in [3.8, 4) is 0 Å². The van der Waals surface area contributed by atoms with Crippen LogP contribution in [0.3, 0.4) is 0 Å². The molecule has 126 valence electrons. The van der Waals surface area contributed by atoms with Crippen LogP contribution in [0.4, 0.5) is 0 Å². The second kappa shape index (κ2) is 6.78. The first-order valence-electron chi connectivity index (χ1n) is 7.44. The van der Waals surface area contributed by atoms with Gasteiger partial charge in [-0.25, -0.2) is 4.79 Å². The molecule has 2 aromatic rings. The maximum atomic E-state index is 12.2. The molecule has 8 heteroatoms. The largest absolute Gasteiger partial charge is 0.480 e. The number of rotatable bonds is 6. The van der Waals surface area contributed by atoms with E-state index < -0.39 is 23.8 Å². The van der Waals surface area contributed by atoms with Crippen LogP contribution in [-0.4, -0.2) is 35.5 Å². The zero-order valence-electron chi connectivity index (χ0n) is 12.5. The van der Waals surface area contributed by atoms with Crippen molar-refractivity contribution >= 4 is 50.8 Å². The number of aliphatic carboxylic acids is 1. The van der Waals surface area contributed by atoms with Crippen LogP contribution in [0.1, 0.15) is 22.5 Å². The normalized spacial score (nSPS) is 15.0. The molecule has 1 aromatic carbocycles. The van der Waals surface area contributed by atoms with Crippen molar-refractivity contribution in [1.29, 1.82) is 0 Å². The van der Waals surface area contributed by atoms with Gasteiger partial charge >= 0.3 is 5.97 Å². The summed E-state index contributed by atoms with van der Waals surface area (Å²) in [5.41, 5.74) is 0. The molecule has 0 bridgehead atoms. The summed E-state index contributed by atoms with van der Waals surface area (Å²) in [7, 11) is 0. The molecule has 24 heavy (non-hydrogen) atoms. The lowest BCUT2D eigenvalue weighted by atomic mass is 10.2. The van der Waals surface area contributed by atoms with Gasteiger partial charge in [-0.1, -0.05) is 29.8 Å². The summed E-state index contributed by atoms with van der Waals surface area (Å²) in [5.74, 6) is -2.04. The maximum absolute atomic E-state index is 12.2. The highest BCUT2D eigenvalue weighted by atomic mass is 35.5. The molecular formula is C16H15ClN2O4S. The molecule has 6 nitrogen and oxygen atoms in total. The molecule has 0 spiro atoms. The maximum Gasteiger partial charge on any atom is 0.326 e. The Morgan fingerprint density at radius 1 is 1.29 bits per heavy atom. The van der Waals surface area contributed by atoms with Gasteiger partial charge in [0.25, 0.3) is 5.91 Å². The molecule has 0 saturated heterocycles. The highest BCUT2D eigenvalue weighted by Crippen LogP contribution is 2.35. The van der Waals surface area contributed by atoms with Gasteiger partial charge in [0.15, 0.2) is 0 Å². The number of fused-ring (bicyclic) bond motifs is 1. The SMILES string of the molecule is O=C(CNC(=O)c1sc2ccccc2c1Cl)NC(C(=O)O)C1CC1. The topological polar surface area (TPSA) is 95.5 Å². The molecule has 1 aliphatic rings. The zero-order chi connectivity index (χ0) is 17.3. The van der Waals surface area contributed by atoms with Crippen molar-refractivity contribution in [3.63, 3.8) is 0 Å². The Morgan fingerprint density at radius 2 is 2.00 bits per heavy atom. The average molecular weight is 367 g/mol. The van der Waals surface area contributed by atoms with E-state index in [1.54, 1.807) is 0 Å². The zero-order valence-corrected chi connectivity index (χ0v) is 14.1. The molecule has 1 heterocycles. The molecule has 3 rings (SSSR count). The van der Waals surface area contributed by atoms with Gasteiger partial charge in [0.2, 0.25) is 5.91 Å². The van der Waals surface area contributed by atoms with Gasteiger partial charge in [-0.2, -0.15) is 0 Å². The van der Waals surface area contributed by atoms with Crippen molar-refractivity contribution in [2.24, 2.45) is 5.92 Å². The minimum atomic E-state index is -1.05. The van der Waals surface area contributed by atoms with Gasteiger partial charge in [0.1, 0.15) is 10.9 Å². The number of benzene rings is 1. The predicted octanol–water partition coefficient (Wildman–Crippen LogP) is 2.26. The third kappa shape index (κ3) is 3.52. The number of carbonyl (C=O) groups excluding carboxylic acids is 2. The van der Waals surface area contributed by atoms with Gasteiger partial charge in [-0.05, 0) is 24.8 Å². The van der Waals surface area contributed by atoms with Crippen LogP contribution >= 0.6 is 22.9 Å². The second-order valence-electron chi connectivity index (χ2n) is 5.64. The lowest BCUT2D eigenvalue weighted by Gasteiger charge is -2.13. The fraction of sp³-hybridized carbons (Fsp3) is 0.312. The molecule has 1 saturated carbocycles. The minimum Gasteiger partial charge on any atom is -0.480 e. The average Bonchev–Trinajstić information content (AvgIpc) is 3.34. The Bertz CT molecular complexity index is 816. The van der Waals surface area contributed by atoms with Crippen LogP contribution in [0.2, 0.25) is 5.02 Å². The third-order valence-corrected chi connectivity index (χ3v) is 5.50. The summed E-state index contributed by atoms with van der Waals surface area (Å²) in [5, 5.41) is 15.2. The molecule has 1 aromatic heterocycles. The first-order chi connectivity index (χ1) is 11.5. The first-order valence-corrected chi connectivity index (χ1v) is 8.64. The van der Waals surface area contributed by atoms with Crippen LogP contribution in [0.25, 0.3) is 10.1 Å². The van der Waals surface area contributed by atoms with E-state index in [1.807, 2.05) is 24.3 Å². The summed E-state index contributed by atoms with van der Waals surface area (Å²) in [4.78, 5) is 35.5. The number of amides is 2. The van der Waals surface area contributed by atoms with Crippen molar-refractivity contribution in [2.45, 2.75) is 18.9 Å². The summed E-state index contributed by atoms with van der Waals surface area (Å²) >= 11 is 7.46. The van der Waals surface area contributed by atoms with Crippen LogP contribution < -0.4 is 10.6 Å². The van der Waals surface area contributed by atoms with E-state index in [0.29, 0.717) is 9.90 Å². The molecule has 1 aliphatic carbocycles. The lowest BCUT2D eigenvalue weighted by molar-refractivity contribution is -0.142. The van der Waals surface area contributed by atoms with E-state index in [-0.39, 0.29) is 12.5 Å². The van der Waals surface area contributed by atoms with Crippen LogP contribution in [0, 0.1) is 5.92 Å². The number of halogens is 1. The molecule has 3 N–H and O–H groups in total. The van der Waals surface area contributed by atoms with Crippen LogP contribution in [0.15, 0.2) is 24.3 Å². The lowest BCUT2D eigenvalue weighted by Crippen LogP contribution is -2.46. The Kier molecular flexibility index (Phi) is 4.73. The summed E-state index contributed by atoms with van der Waals surface area (Å²) in [6.07, 6.45) is 1.59. The van der Waals surface area contributed by atoms with E-state index in [9.17, 15) is 14.4 Å². The standard InChI is InChI=1S/C16H15ClN2O4S/c17-12-9-3-1-2-4-10(9)24-14(12)15(21)18-7-11(20)19-13(16(22)23)8-5-6-8/h1-4,8,13H,5-7H2,(H,18,21)(H,19,20)(H,22,23). The number of carboxylic acids is 1. The number of hydrogen-bond acceptors (Lipinski definition) is 4. The number of carboxylic acid groups (broad SMARTS) is 1. The highest BCUT2D eigenvalue weighted by Gasteiger charge is 2.37. The van der Waals surface area contributed by atoms with Gasteiger partial charge in [0.05, 0.1) is 11.6 Å². The quantitative estimate of drug-likeness (QED) is 0.730. The minimum absolute atomic E-state index is 0.0146. The monoisotopic (exact) mass is 366 g/mol. The van der Waals surface area contributed by atoms with Gasteiger partial charge in [-0.3, -0.25) is 9.59 Å². The fourth-order valence-corrected chi connectivity index (χ4v) is 3.87. The van der Waals surface area contributed by atoms with Crippen molar-refractivity contribution < 1.29 is 19.5 Å². The molecule has 1 unspecified atom stereocenters. The molecule has 0 aliphatic heterocycles. The number of hydrogen-bond donors (Lipinski definition) is 3. The summed E-state index contributed by atoms with van der Waals surface area (Å²) in [6.45, 7) is -0.292. The van der Waals surface area contributed by atoms with Crippen molar-refractivity contribution in [1.82, 2.24) is 10.6 Å². The Morgan fingerprint density at radius 3 is 2.62 bits per heavy atom. The Hall–Kier alpha value is -2.12. The number of nitrogens with one attached hydrogen (secondary N) is 2. The smallest absolute Gasteiger partial charge is 0.326 e. The first kappa shape index (κ1) is 16.7. The van der Waals surface area contributed by atoms with E-state index in [2.05, 4.69) is 10.6 Å². The molecular weight excluding hydrogens is 352 g/mol. The van der Waals surface area contributed by atoms with Crippen LogP contribution in [0.5, 0.6) is 0 Å². The van der Waals surface area contributed by atoms with Gasteiger partial charge in [-0.15, -0.1) is 11.3 Å². The van der Waals surface area contributed by atoms with E-state index in [0.717, 1.165) is 22.9 Å². The van der Waals surface area contributed by atoms with Crippen molar-refractivity contribution in [2.75, 3.05) is 6.54 Å². The third-order valence-electron chi connectivity index (χ3n) is 3.83. The van der Waals surface area contributed by atoms with Crippen molar-refractivity contribution in [3.05, 3.63) is 34.2 Å². The number of thiophene rings is 1. The van der Waals surface area contributed by atoms with Gasteiger partial charge in [0, 0.05) is 10.1 Å². The van der Waals surface area contributed by atoms with E-state index in [1.165, 1.54) is 11.3 Å². The molecule has 0 radical (unpaired) electrons. The summed E-state index contributed by atoms with van der Waals surface area (Å²) in [6, 6.07) is 6.49. The fourth-order valence-electron chi connectivity index (χ4n) is 2.44. The molecule has 1 atom stereocenters. The Labute approximate surface area is 146 Å². The van der Waals surface area contributed by atoms with Crippen LogP contribution in [-0.2, 0) is 9.59 Å². The highest BCUT2D eigenvalue weighted by molar-refractivity contribution is 7.21. The summed E-state index contributed by atoms with van der Waals surface area (Å²) < 4.78 is 0.886. The van der Waals surface area contributed by atoms with E-state index in [4.69, 9.17) is 16.7 Å². The second-order valence-corrected chi connectivity index (χ2v) is 7.08. The van der Waals surface area contributed by atoms with E-state index >= 15 is 0 Å². The number of carbonyl (C=O) groups is 3. The molecule has 2 amide bonds.